The number of aliphatic hydroxyl groups excluding tert-OH is 1. The minimum absolute atomic E-state index is 0.375. The smallest absolute Gasteiger partial charge is 0.128 e. The Hall–Kier alpha value is -0.0400. The van der Waals surface area contributed by atoms with Gasteiger partial charge in [0.2, 0.25) is 0 Å². The minimum Gasteiger partial charge on any atom is -0.384 e. The zero-order chi connectivity index (χ0) is 3.41. The lowest BCUT2D eigenvalue weighted by molar-refractivity contribution is 0.387. The van der Waals surface area contributed by atoms with Gasteiger partial charge in [-0.05, 0) is 6.42 Å². The standard InChI is InChI=1S/C3H5O/c1-2-3-4/h4H,1-2H2. The second-order valence-electron chi connectivity index (χ2n) is 0.408. The first-order valence-corrected chi connectivity index (χ1v) is 1.08. The molecule has 0 rings (SSSR count). The van der Waals surface area contributed by atoms with Gasteiger partial charge in [0.25, 0.3) is 0 Å². The summed E-state index contributed by atoms with van der Waals surface area (Å²) in [5, 5.41) is 7.56. The Morgan fingerprint density at radius 3 is 2.25 bits per heavy atom. The van der Waals surface area contributed by atoms with E-state index in [4.69, 9.17) is 5.11 Å². The molecule has 1 heteroatoms. The maximum atomic E-state index is 7.56. The maximum Gasteiger partial charge on any atom is 0.128 e. The van der Waals surface area contributed by atoms with Gasteiger partial charge < -0.3 is 5.11 Å². The van der Waals surface area contributed by atoms with E-state index < -0.39 is 0 Å². The molecule has 0 aromatic rings. The lowest BCUT2D eigenvalue weighted by Crippen LogP contribution is -1.58. The van der Waals surface area contributed by atoms with Crippen LogP contribution in [0.5, 0.6) is 0 Å². The Morgan fingerprint density at radius 2 is 2.25 bits per heavy atom. The molecule has 0 bridgehead atoms. The quantitative estimate of drug-likeness (QED) is 0.467. The summed E-state index contributed by atoms with van der Waals surface area (Å²) < 4.78 is 0. The zero-order valence-electron chi connectivity index (χ0n) is 2.36. The Balaban J connectivity index is 1.97. The fourth-order valence-corrected chi connectivity index (χ4v) is 0. The summed E-state index contributed by atoms with van der Waals surface area (Å²) >= 11 is 0. The summed E-state index contributed by atoms with van der Waals surface area (Å²) in [6, 6.07) is 0. The van der Waals surface area contributed by atoms with Crippen molar-refractivity contribution in [3.63, 3.8) is 0 Å². The van der Waals surface area contributed by atoms with E-state index in [-0.39, 0.29) is 0 Å². The van der Waals surface area contributed by atoms with Crippen molar-refractivity contribution in [3.8, 4) is 0 Å². The molecule has 0 atom stereocenters. The molecule has 0 fully saturated rings. The van der Waals surface area contributed by atoms with Crippen LogP contribution in [-0.4, -0.2) is 5.11 Å². The Bertz CT molecular complexity index is 5.25. The van der Waals surface area contributed by atoms with Crippen LogP contribution in [0.1, 0.15) is 6.42 Å². The van der Waals surface area contributed by atoms with E-state index >= 15 is 0 Å². The Labute approximate surface area is 26.3 Å². The molecule has 23 valence electrons. The summed E-state index contributed by atoms with van der Waals surface area (Å²) in [6.45, 7) is 5.06. The van der Waals surface area contributed by atoms with Gasteiger partial charge in [-0.1, -0.05) is 6.92 Å². The molecular formula is C3H5O. The van der Waals surface area contributed by atoms with Crippen molar-refractivity contribution >= 4 is 0 Å². The van der Waals surface area contributed by atoms with Crippen LogP contribution in [0.3, 0.4) is 0 Å². The molecule has 1 nitrogen and oxygen atoms in total. The highest BCUT2D eigenvalue weighted by Gasteiger charge is 1.61. The molecule has 0 saturated heterocycles. The topological polar surface area (TPSA) is 20.2 Å². The number of hydrogen-bond donors (Lipinski definition) is 1. The van der Waals surface area contributed by atoms with E-state index in [1.165, 1.54) is 0 Å². The van der Waals surface area contributed by atoms with Crippen molar-refractivity contribution in [1.82, 2.24) is 0 Å². The van der Waals surface area contributed by atoms with Crippen molar-refractivity contribution in [3.05, 3.63) is 13.5 Å². The van der Waals surface area contributed by atoms with E-state index in [0.29, 0.717) is 6.42 Å². The van der Waals surface area contributed by atoms with E-state index in [1.807, 2.05) is 6.61 Å². The van der Waals surface area contributed by atoms with Gasteiger partial charge in [0.15, 0.2) is 0 Å². The second-order valence-corrected chi connectivity index (χ2v) is 0.408. The second kappa shape index (κ2) is 2.96. The first kappa shape index (κ1) is 3.96. The van der Waals surface area contributed by atoms with Crippen molar-refractivity contribution in [2.24, 2.45) is 0 Å². The van der Waals surface area contributed by atoms with Gasteiger partial charge in [0.1, 0.15) is 6.61 Å². The Morgan fingerprint density at radius 1 is 2.00 bits per heavy atom. The molecule has 0 aliphatic carbocycles. The van der Waals surface area contributed by atoms with Crippen LogP contribution in [0.4, 0.5) is 0 Å². The van der Waals surface area contributed by atoms with Gasteiger partial charge in [0, 0.05) is 0 Å². The summed E-state index contributed by atoms with van der Waals surface area (Å²) in [5.74, 6) is 0. The van der Waals surface area contributed by atoms with Gasteiger partial charge in [-0.2, -0.15) is 0 Å². The normalized spacial score (nSPS) is 7.50. The summed E-state index contributed by atoms with van der Waals surface area (Å²) in [6.07, 6.45) is 0.375. The summed E-state index contributed by atoms with van der Waals surface area (Å²) in [5.41, 5.74) is 0. The van der Waals surface area contributed by atoms with Crippen LogP contribution in [0.2, 0.25) is 0 Å². The molecular weight excluding hydrogens is 52.0 g/mol. The highest BCUT2D eigenvalue weighted by atomic mass is 16.2. The largest absolute Gasteiger partial charge is 0.384 e. The first-order chi connectivity index (χ1) is 1.91. The van der Waals surface area contributed by atoms with Crippen molar-refractivity contribution in [2.45, 2.75) is 6.42 Å². The molecule has 0 amide bonds. The average molecular weight is 57.1 g/mol. The van der Waals surface area contributed by atoms with E-state index in [0.717, 1.165) is 0 Å². The van der Waals surface area contributed by atoms with Gasteiger partial charge in [-0.25, -0.2) is 0 Å². The van der Waals surface area contributed by atoms with Gasteiger partial charge in [-0.3, -0.25) is 0 Å². The van der Waals surface area contributed by atoms with Crippen LogP contribution in [0.15, 0.2) is 0 Å². The molecule has 3 radical (unpaired) electrons. The molecule has 1 N–H and O–H groups in total. The molecule has 0 aliphatic heterocycles. The van der Waals surface area contributed by atoms with Crippen molar-refractivity contribution in [1.29, 1.82) is 0 Å². The third kappa shape index (κ3) is 1.96. The highest BCUT2D eigenvalue weighted by molar-refractivity contribution is 4.44. The van der Waals surface area contributed by atoms with Gasteiger partial charge in [-0.15, -0.1) is 0 Å². The van der Waals surface area contributed by atoms with E-state index in [9.17, 15) is 0 Å². The predicted molar refractivity (Wildman–Crippen MR) is 15.2 cm³/mol. The summed E-state index contributed by atoms with van der Waals surface area (Å²) in [4.78, 5) is 0. The van der Waals surface area contributed by atoms with Crippen molar-refractivity contribution < 1.29 is 5.11 Å². The number of hydrogen-bond acceptors (Lipinski definition) is 1. The zero-order valence-corrected chi connectivity index (χ0v) is 2.36. The van der Waals surface area contributed by atoms with E-state index in [1.54, 1.807) is 0 Å². The monoisotopic (exact) mass is 57.0 g/mol. The molecule has 0 heterocycles. The van der Waals surface area contributed by atoms with Crippen LogP contribution in [0, 0.1) is 13.5 Å². The number of rotatable bonds is 1. The molecule has 4 heavy (non-hydrogen) atoms. The fourth-order valence-electron chi connectivity index (χ4n) is 0. The maximum absolute atomic E-state index is 7.56. The lowest BCUT2D eigenvalue weighted by atomic mass is 10.5. The highest BCUT2D eigenvalue weighted by Crippen LogP contribution is 1.68. The first-order valence-electron chi connectivity index (χ1n) is 1.08. The van der Waals surface area contributed by atoms with Gasteiger partial charge >= 0.3 is 0 Å². The lowest BCUT2D eigenvalue weighted by Gasteiger charge is -1.65. The van der Waals surface area contributed by atoms with Crippen LogP contribution >= 0.6 is 0 Å². The molecule has 0 aliphatic rings. The van der Waals surface area contributed by atoms with Crippen molar-refractivity contribution in [2.75, 3.05) is 0 Å². The third-order valence-corrected chi connectivity index (χ3v) is 0.112. The predicted octanol–water partition coefficient (Wildman–Crippen LogP) is 0.622. The van der Waals surface area contributed by atoms with Crippen LogP contribution < -0.4 is 0 Å². The minimum atomic E-state index is 0.375. The average Bonchev–Trinajstić information content (AvgIpc) is 1.37. The molecule has 0 unspecified atom stereocenters. The number of aliphatic hydroxyl groups is 1. The third-order valence-electron chi connectivity index (χ3n) is 0.112. The SMILES string of the molecule is [CH2]C[C]O. The van der Waals surface area contributed by atoms with E-state index in [2.05, 4.69) is 6.92 Å². The molecule has 0 spiro atoms. The molecule has 0 aromatic heterocycles. The molecule has 0 aromatic carbocycles. The van der Waals surface area contributed by atoms with Crippen LogP contribution in [-0.2, 0) is 0 Å². The summed E-state index contributed by atoms with van der Waals surface area (Å²) in [7, 11) is 0. The fraction of sp³-hybridized carbons (Fsp3) is 0.333. The Kier molecular flexibility index (Phi) is 2.93. The molecule has 0 saturated carbocycles. The van der Waals surface area contributed by atoms with Crippen LogP contribution in [0.25, 0.3) is 0 Å². The van der Waals surface area contributed by atoms with Gasteiger partial charge in [0.05, 0.1) is 0 Å².